The van der Waals surface area contributed by atoms with Gasteiger partial charge in [0.1, 0.15) is 5.82 Å². The van der Waals surface area contributed by atoms with Crippen molar-refractivity contribution in [2.45, 2.75) is 38.9 Å². The Labute approximate surface area is 150 Å². The Kier molecular flexibility index (Phi) is 4.43. The fourth-order valence-corrected chi connectivity index (χ4v) is 4.60. The van der Waals surface area contributed by atoms with Crippen LogP contribution in [-0.4, -0.2) is 31.0 Å². The molecule has 0 radical (unpaired) electrons. The normalized spacial score (nSPS) is 18.0. The molecule has 0 spiro atoms. The number of nitrogens with zero attached hydrogens (tertiary/aromatic N) is 4. The third-order valence-electron chi connectivity index (χ3n) is 4.50. The largest absolute Gasteiger partial charge is 0.348 e. The van der Waals surface area contributed by atoms with E-state index >= 15 is 0 Å². The molecule has 4 rings (SSSR count). The lowest BCUT2D eigenvalue weighted by atomic mass is 10.0. The summed E-state index contributed by atoms with van der Waals surface area (Å²) in [6.07, 6.45) is 7.86. The Balaban J connectivity index is 1.67. The first-order valence-corrected chi connectivity index (χ1v) is 9.47. The van der Waals surface area contributed by atoms with Crippen molar-refractivity contribution in [3.63, 3.8) is 0 Å². The summed E-state index contributed by atoms with van der Waals surface area (Å²) in [7, 11) is 0. The second kappa shape index (κ2) is 6.70. The van der Waals surface area contributed by atoms with Gasteiger partial charge < -0.3 is 9.55 Å². The number of aryl methyl sites for hydroxylation is 1. The maximum Gasteiger partial charge on any atom is 0.122 e. The molecule has 0 bridgehead atoms. The molecular formula is C17H20ClN5S. The number of H-pyrrole nitrogens is 1. The molecule has 3 aromatic heterocycles. The van der Waals surface area contributed by atoms with E-state index < -0.39 is 0 Å². The second-order valence-electron chi connectivity index (χ2n) is 6.07. The zero-order chi connectivity index (χ0) is 16.5. The van der Waals surface area contributed by atoms with Crippen LogP contribution in [0.3, 0.4) is 0 Å². The summed E-state index contributed by atoms with van der Waals surface area (Å²) in [5.41, 5.74) is 2.35. The Morgan fingerprint density at radius 3 is 3.08 bits per heavy atom. The minimum atomic E-state index is 0.143. The standard InChI is InChI=1S/C17H20ClN5S/c1-2-7-22-9-6-19-15(22)10-23-8-5-12-16(21-11-20-12)17(23)13-3-4-14(18)24-13/h3-4,6,9,11,17H,2,5,7-8,10H2,1H3,(H,20,21)/t17-/m1/s1. The Hall–Kier alpha value is -1.63. The average molecular weight is 362 g/mol. The Morgan fingerprint density at radius 1 is 1.38 bits per heavy atom. The second-order valence-corrected chi connectivity index (χ2v) is 7.81. The van der Waals surface area contributed by atoms with E-state index in [1.807, 2.05) is 12.3 Å². The van der Waals surface area contributed by atoms with Gasteiger partial charge in [-0.25, -0.2) is 9.97 Å². The number of nitrogens with one attached hydrogen (secondary N) is 1. The van der Waals surface area contributed by atoms with Crippen LogP contribution in [0, 0.1) is 0 Å². The van der Waals surface area contributed by atoms with Crippen molar-refractivity contribution in [2.75, 3.05) is 6.54 Å². The average Bonchev–Trinajstić information content (AvgIpc) is 3.29. The first kappa shape index (κ1) is 15.9. The lowest BCUT2D eigenvalue weighted by Crippen LogP contribution is -2.36. The number of thiophene rings is 1. The van der Waals surface area contributed by atoms with E-state index in [1.54, 1.807) is 17.7 Å². The lowest BCUT2D eigenvalue weighted by Gasteiger charge is -2.34. The molecule has 0 saturated carbocycles. The van der Waals surface area contributed by atoms with Gasteiger partial charge in [0.05, 0.1) is 28.9 Å². The van der Waals surface area contributed by atoms with Crippen molar-refractivity contribution in [1.29, 1.82) is 0 Å². The number of rotatable bonds is 5. The topological polar surface area (TPSA) is 49.7 Å². The van der Waals surface area contributed by atoms with Crippen LogP contribution in [0.25, 0.3) is 0 Å². The van der Waals surface area contributed by atoms with Crippen molar-refractivity contribution >= 4 is 22.9 Å². The van der Waals surface area contributed by atoms with Gasteiger partial charge in [-0.3, -0.25) is 4.90 Å². The van der Waals surface area contributed by atoms with Crippen LogP contribution in [-0.2, 0) is 19.5 Å². The number of fused-ring (bicyclic) bond motifs is 1. The maximum atomic E-state index is 6.19. The Bertz CT molecular complexity index is 820. The Morgan fingerprint density at radius 2 is 2.29 bits per heavy atom. The van der Waals surface area contributed by atoms with Crippen LogP contribution in [0.1, 0.15) is 41.5 Å². The fraction of sp³-hybridized carbons (Fsp3) is 0.412. The molecule has 0 unspecified atom stereocenters. The van der Waals surface area contributed by atoms with Gasteiger partial charge in [-0.05, 0) is 18.6 Å². The van der Waals surface area contributed by atoms with Crippen molar-refractivity contribution in [3.8, 4) is 0 Å². The van der Waals surface area contributed by atoms with Gasteiger partial charge in [0.25, 0.3) is 0 Å². The first-order chi connectivity index (χ1) is 11.8. The number of hydrogen-bond donors (Lipinski definition) is 1. The molecule has 24 heavy (non-hydrogen) atoms. The third kappa shape index (κ3) is 2.90. The molecule has 5 nitrogen and oxygen atoms in total. The molecule has 126 valence electrons. The summed E-state index contributed by atoms with van der Waals surface area (Å²) in [5.74, 6) is 1.11. The molecule has 0 aliphatic carbocycles. The first-order valence-electron chi connectivity index (χ1n) is 8.27. The highest BCUT2D eigenvalue weighted by Gasteiger charge is 2.32. The number of halogens is 1. The minimum Gasteiger partial charge on any atom is -0.348 e. The number of hydrogen-bond acceptors (Lipinski definition) is 4. The molecular weight excluding hydrogens is 342 g/mol. The maximum absolute atomic E-state index is 6.19. The zero-order valence-electron chi connectivity index (χ0n) is 13.6. The summed E-state index contributed by atoms with van der Waals surface area (Å²) in [5, 5.41) is 0. The van der Waals surface area contributed by atoms with E-state index in [-0.39, 0.29) is 6.04 Å². The van der Waals surface area contributed by atoms with Gasteiger partial charge in [-0.1, -0.05) is 18.5 Å². The number of aromatic amines is 1. The summed E-state index contributed by atoms with van der Waals surface area (Å²) >= 11 is 7.83. The van der Waals surface area contributed by atoms with Gasteiger partial charge >= 0.3 is 0 Å². The van der Waals surface area contributed by atoms with Crippen LogP contribution in [0.15, 0.2) is 30.9 Å². The van der Waals surface area contributed by atoms with Crippen LogP contribution in [0.5, 0.6) is 0 Å². The van der Waals surface area contributed by atoms with E-state index in [0.717, 1.165) is 48.3 Å². The van der Waals surface area contributed by atoms with Crippen molar-refractivity contribution in [3.05, 3.63) is 57.3 Å². The SMILES string of the molecule is CCCn1ccnc1CN1CCc2[nH]cnc2[C@H]1c1ccc(Cl)s1. The minimum absolute atomic E-state index is 0.143. The lowest BCUT2D eigenvalue weighted by molar-refractivity contribution is 0.195. The molecule has 0 fully saturated rings. The molecule has 1 aliphatic heterocycles. The number of aromatic nitrogens is 4. The predicted octanol–water partition coefficient (Wildman–Crippen LogP) is 3.88. The zero-order valence-corrected chi connectivity index (χ0v) is 15.1. The van der Waals surface area contributed by atoms with E-state index in [0.29, 0.717) is 0 Å². The van der Waals surface area contributed by atoms with Crippen LogP contribution >= 0.6 is 22.9 Å². The van der Waals surface area contributed by atoms with E-state index in [9.17, 15) is 0 Å². The van der Waals surface area contributed by atoms with Gasteiger partial charge in [0, 0.05) is 42.5 Å². The van der Waals surface area contributed by atoms with Gasteiger partial charge in [-0.15, -0.1) is 11.3 Å². The molecule has 1 aliphatic rings. The summed E-state index contributed by atoms with van der Waals surface area (Å²) in [6, 6.07) is 4.23. The van der Waals surface area contributed by atoms with E-state index in [2.05, 4.69) is 43.6 Å². The molecule has 4 heterocycles. The molecule has 7 heteroatoms. The molecule has 0 aromatic carbocycles. The van der Waals surface area contributed by atoms with Gasteiger partial charge in [0.15, 0.2) is 0 Å². The van der Waals surface area contributed by atoms with Crippen LogP contribution in [0.2, 0.25) is 4.34 Å². The molecule has 0 amide bonds. The van der Waals surface area contributed by atoms with Crippen molar-refractivity contribution in [2.24, 2.45) is 0 Å². The van der Waals surface area contributed by atoms with Crippen LogP contribution in [0.4, 0.5) is 0 Å². The highest BCUT2D eigenvalue weighted by atomic mass is 35.5. The third-order valence-corrected chi connectivity index (χ3v) is 5.78. The molecule has 0 saturated heterocycles. The van der Waals surface area contributed by atoms with Crippen molar-refractivity contribution in [1.82, 2.24) is 24.4 Å². The quantitative estimate of drug-likeness (QED) is 0.750. The van der Waals surface area contributed by atoms with Gasteiger partial charge in [-0.2, -0.15) is 0 Å². The summed E-state index contributed by atoms with van der Waals surface area (Å²) in [6.45, 7) is 5.00. The molecule has 1 N–H and O–H groups in total. The summed E-state index contributed by atoms with van der Waals surface area (Å²) < 4.78 is 3.07. The van der Waals surface area contributed by atoms with Crippen molar-refractivity contribution < 1.29 is 0 Å². The number of imidazole rings is 2. The highest BCUT2D eigenvalue weighted by Crippen LogP contribution is 2.38. The van der Waals surface area contributed by atoms with Gasteiger partial charge in [0.2, 0.25) is 0 Å². The van der Waals surface area contributed by atoms with Crippen LogP contribution < -0.4 is 0 Å². The highest BCUT2D eigenvalue weighted by molar-refractivity contribution is 7.16. The van der Waals surface area contributed by atoms with E-state index in [1.165, 1.54) is 10.6 Å². The summed E-state index contributed by atoms with van der Waals surface area (Å²) in [4.78, 5) is 16.2. The molecule has 1 atom stereocenters. The van der Waals surface area contributed by atoms with E-state index in [4.69, 9.17) is 11.6 Å². The fourth-order valence-electron chi connectivity index (χ4n) is 3.40. The monoisotopic (exact) mass is 361 g/mol. The predicted molar refractivity (Wildman–Crippen MR) is 96.4 cm³/mol. The smallest absolute Gasteiger partial charge is 0.122 e. The molecule has 3 aromatic rings.